The zero-order valence-electron chi connectivity index (χ0n) is 10.4. The van der Waals surface area contributed by atoms with E-state index in [9.17, 15) is 4.79 Å². The highest BCUT2D eigenvalue weighted by Crippen LogP contribution is 2.32. The lowest BCUT2D eigenvalue weighted by atomic mass is 10.1. The van der Waals surface area contributed by atoms with Crippen LogP contribution in [0.4, 0.5) is 10.8 Å². The maximum atomic E-state index is 11.4. The summed E-state index contributed by atoms with van der Waals surface area (Å²) in [5.74, 6) is -0.280. The smallest absolute Gasteiger partial charge is 0.255 e. The number of nitrogens with two attached hydrogens (primary N) is 2. The summed E-state index contributed by atoms with van der Waals surface area (Å²) in [7, 11) is 0. The highest BCUT2D eigenvalue weighted by atomic mass is 32.1. The molecule has 0 aromatic carbocycles. The zero-order chi connectivity index (χ0) is 13.1. The predicted octanol–water partition coefficient (Wildman–Crippen LogP) is 0.830. The Kier molecular flexibility index (Phi) is 4.03. The van der Waals surface area contributed by atoms with Gasteiger partial charge >= 0.3 is 0 Å². The monoisotopic (exact) mass is 270 g/mol. The summed E-state index contributed by atoms with van der Waals surface area (Å²) in [4.78, 5) is 13.5. The second-order valence-corrected chi connectivity index (χ2v) is 5.01. The van der Waals surface area contributed by atoms with Crippen molar-refractivity contribution in [2.24, 2.45) is 5.73 Å². The van der Waals surface area contributed by atoms with Crippen LogP contribution in [0.15, 0.2) is 0 Å². The molecule has 100 valence electrons. The van der Waals surface area contributed by atoms with Gasteiger partial charge in [0.15, 0.2) is 5.82 Å². The lowest BCUT2D eigenvalue weighted by Crippen LogP contribution is -2.37. The van der Waals surface area contributed by atoms with E-state index in [1.807, 2.05) is 6.92 Å². The summed E-state index contributed by atoms with van der Waals surface area (Å²) in [5, 5.41) is 0.787. The van der Waals surface area contributed by atoms with Gasteiger partial charge in [0.25, 0.3) is 5.91 Å². The Morgan fingerprint density at radius 1 is 1.56 bits per heavy atom. The minimum Gasteiger partial charge on any atom is -0.382 e. The predicted molar refractivity (Wildman–Crippen MR) is 71.9 cm³/mol. The average Bonchev–Trinajstić information content (AvgIpc) is 2.73. The SMILES string of the molecule is CCOC1CCN(c2snc(N)c2C(N)=O)CC1. The summed E-state index contributed by atoms with van der Waals surface area (Å²) in [6.07, 6.45) is 2.21. The molecular weight excluding hydrogens is 252 g/mol. The Hall–Kier alpha value is -1.34. The van der Waals surface area contributed by atoms with E-state index in [2.05, 4.69) is 9.27 Å². The van der Waals surface area contributed by atoms with Crippen molar-refractivity contribution >= 4 is 28.3 Å². The molecule has 1 aromatic heterocycles. The van der Waals surface area contributed by atoms with Gasteiger partial charge in [-0.05, 0) is 31.3 Å². The van der Waals surface area contributed by atoms with Gasteiger partial charge in [0.05, 0.1) is 6.10 Å². The molecule has 0 bridgehead atoms. The highest BCUT2D eigenvalue weighted by Gasteiger charge is 2.26. The van der Waals surface area contributed by atoms with Crippen LogP contribution in [0.25, 0.3) is 0 Å². The fourth-order valence-corrected chi connectivity index (χ4v) is 3.07. The number of hydrogen-bond acceptors (Lipinski definition) is 6. The molecule has 1 amide bonds. The van der Waals surface area contributed by atoms with Gasteiger partial charge in [-0.25, -0.2) is 0 Å². The molecule has 0 radical (unpaired) electrons. The summed E-state index contributed by atoms with van der Waals surface area (Å²) in [6, 6.07) is 0. The van der Waals surface area contributed by atoms with Crippen molar-refractivity contribution in [3.63, 3.8) is 0 Å². The molecule has 1 aromatic rings. The molecule has 0 aliphatic carbocycles. The molecule has 6 nitrogen and oxygen atoms in total. The Bertz CT molecular complexity index is 427. The van der Waals surface area contributed by atoms with E-state index in [1.54, 1.807) is 0 Å². The van der Waals surface area contributed by atoms with Gasteiger partial charge in [-0.2, -0.15) is 4.37 Å². The van der Waals surface area contributed by atoms with E-state index >= 15 is 0 Å². The maximum absolute atomic E-state index is 11.4. The summed E-state index contributed by atoms with van der Waals surface area (Å²) < 4.78 is 9.61. The first-order valence-corrected chi connectivity index (χ1v) is 6.82. The highest BCUT2D eigenvalue weighted by molar-refractivity contribution is 7.11. The summed E-state index contributed by atoms with van der Waals surface area (Å²) in [6.45, 7) is 4.42. The van der Waals surface area contributed by atoms with E-state index in [0.29, 0.717) is 11.7 Å². The molecule has 0 unspecified atom stereocenters. The van der Waals surface area contributed by atoms with Gasteiger partial charge in [-0.15, -0.1) is 0 Å². The number of primary amides is 1. The molecule has 0 atom stereocenters. The molecule has 4 N–H and O–H groups in total. The van der Waals surface area contributed by atoms with Gasteiger partial charge in [0.1, 0.15) is 10.6 Å². The van der Waals surface area contributed by atoms with Crippen molar-refractivity contribution in [3.8, 4) is 0 Å². The van der Waals surface area contributed by atoms with E-state index in [-0.39, 0.29) is 5.82 Å². The Morgan fingerprint density at radius 2 is 2.22 bits per heavy atom. The van der Waals surface area contributed by atoms with Crippen LogP contribution >= 0.6 is 11.5 Å². The van der Waals surface area contributed by atoms with Crippen LogP contribution in [0.5, 0.6) is 0 Å². The fourth-order valence-electron chi connectivity index (χ4n) is 2.20. The van der Waals surface area contributed by atoms with Gasteiger partial charge < -0.3 is 21.1 Å². The molecule has 18 heavy (non-hydrogen) atoms. The first-order chi connectivity index (χ1) is 8.63. The summed E-state index contributed by atoms with van der Waals surface area (Å²) in [5.41, 5.74) is 11.4. The topological polar surface area (TPSA) is 94.5 Å². The molecule has 2 heterocycles. The second-order valence-electron chi connectivity index (χ2n) is 4.25. The van der Waals surface area contributed by atoms with Crippen LogP contribution < -0.4 is 16.4 Å². The van der Waals surface area contributed by atoms with Crippen LogP contribution in [-0.2, 0) is 4.74 Å². The minimum absolute atomic E-state index is 0.231. The molecular formula is C11H18N4O2S. The quantitative estimate of drug-likeness (QED) is 0.845. The van der Waals surface area contributed by atoms with Gasteiger partial charge in [-0.3, -0.25) is 4.79 Å². The molecule has 7 heteroatoms. The van der Waals surface area contributed by atoms with E-state index < -0.39 is 5.91 Å². The normalized spacial score (nSPS) is 17.1. The molecule has 1 fully saturated rings. The number of hydrogen-bond donors (Lipinski definition) is 2. The maximum Gasteiger partial charge on any atom is 0.255 e. The van der Waals surface area contributed by atoms with Crippen LogP contribution in [0.2, 0.25) is 0 Å². The van der Waals surface area contributed by atoms with Crippen LogP contribution in [-0.4, -0.2) is 36.1 Å². The Labute approximate surface area is 110 Å². The van der Waals surface area contributed by atoms with Gasteiger partial charge in [-0.1, -0.05) is 0 Å². The van der Waals surface area contributed by atoms with Crippen molar-refractivity contribution in [2.75, 3.05) is 30.3 Å². The third kappa shape index (κ3) is 2.56. The van der Waals surface area contributed by atoms with E-state index in [0.717, 1.165) is 37.5 Å². The number of piperidine rings is 1. The average molecular weight is 270 g/mol. The molecule has 0 saturated carbocycles. The standard InChI is InChI=1S/C11H18N4O2S/c1-2-17-7-3-5-15(6-4-7)11-8(10(13)16)9(12)14-18-11/h7H,2-6H2,1H3,(H2,12,14)(H2,13,16). The number of anilines is 2. The van der Waals surface area contributed by atoms with E-state index in [1.165, 1.54) is 11.5 Å². The van der Waals surface area contributed by atoms with Crippen molar-refractivity contribution in [3.05, 3.63) is 5.56 Å². The number of carbonyl (C=O) groups is 1. The number of ether oxygens (including phenoxy) is 1. The molecule has 1 saturated heterocycles. The number of carbonyl (C=O) groups excluding carboxylic acids is 1. The van der Waals surface area contributed by atoms with Crippen molar-refractivity contribution in [1.82, 2.24) is 4.37 Å². The van der Waals surface area contributed by atoms with Gasteiger partial charge in [0, 0.05) is 19.7 Å². The van der Waals surface area contributed by atoms with Crippen LogP contribution in [0, 0.1) is 0 Å². The number of nitrogens with zero attached hydrogens (tertiary/aromatic N) is 2. The van der Waals surface area contributed by atoms with Crippen molar-refractivity contribution in [1.29, 1.82) is 0 Å². The lowest BCUT2D eigenvalue weighted by Gasteiger charge is -2.32. The lowest BCUT2D eigenvalue weighted by molar-refractivity contribution is 0.0460. The second kappa shape index (κ2) is 5.53. The largest absolute Gasteiger partial charge is 0.382 e. The molecule has 1 aliphatic rings. The first-order valence-electron chi connectivity index (χ1n) is 6.05. The van der Waals surface area contributed by atoms with Crippen molar-refractivity contribution < 1.29 is 9.53 Å². The van der Waals surface area contributed by atoms with Crippen molar-refractivity contribution in [2.45, 2.75) is 25.9 Å². The number of amides is 1. The first kappa shape index (κ1) is 13.1. The number of aromatic nitrogens is 1. The minimum atomic E-state index is -0.511. The summed E-state index contributed by atoms with van der Waals surface area (Å²) >= 11 is 1.23. The zero-order valence-corrected chi connectivity index (χ0v) is 11.2. The fraction of sp³-hybridized carbons (Fsp3) is 0.636. The molecule has 0 spiro atoms. The van der Waals surface area contributed by atoms with Crippen LogP contribution in [0.1, 0.15) is 30.1 Å². The molecule has 2 rings (SSSR count). The molecule has 1 aliphatic heterocycles. The number of nitrogen functional groups attached to an aromatic ring is 1. The Balaban J connectivity index is 2.08. The third-order valence-corrected chi connectivity index (χ3v) is 4.00. The van der Waals surface area contributed by atoms with E-state index in [4.69, 9.17) is 16.2 Å². The Morgan fingerprint density at radius 3 is 2.78 bits per heavy atom. The third-order valence-electron chi connectivity index (χ3n) is 3.08. The van der Waals surface area contributed by atoms with Gasteiger partial charge in [0.2, 0.25) is 0 Å². The number of rotatable bonds is 4. The van der Waals surface area contributed by atoms with Crippen LogP contribution in [0.3, 0.4) is 0 Å².